The van der Waals surface area contributed by atoms with Crippen molar-refractivity contribution in [1.29, 1.82) is 0 Å². The highest BCUT2D eigenvalue weighted by Crippen LogP contribution is 2.24. The molecule has 0 spiro atoms. The van der Waals surface area contributed by atoms with Crippen molar-refractivity contribution < 1.29 is 23.5 Å². The Kier molecular flexibility index (Phi) is 5.09. The molecule has 0 saturated heterocycles. The van der Waals surface area contributed by atoms with Crippen molar-refractivity contribution in [2.75, 3.05) is 7.11 Å². The molecule has 0 N–H and O–H groups in total. The normalized spacial score (nSPS) is 11.8. The molecular formula is C18H12ClNO7. The summed E-state index contributed by atoms with van der Waals surface area (Å²) >= 11 is 5.66. The summed E-state index contributed by atoms with van der Waals surface area (Å²) in [7, 11) is 1.10. The average molecular weight is 390 g/mol. The minimum absolute atomic E-state index is 0.0742. The molecule has 3 rings (SSSR count). The number of carbonyl (C=O) groups excluding carboxylic acids is 2. The van der Waals surface area contributed by atoms with Gasteiger partial charge in [0, 0.05) is 0 Å². The van der Waals surface area contributed by atoms with Gasteiger partial charge >= 0.3 is 11.9 Å². The summed E-state index contributed by atoms with van der Waals surface area (Å²) in [6.45, 7) is 0. The zero-order valence-electron chi connectivity index (χ0n) is 13.9. The van der Waals surface area contributed by atoms with Gasteiger partial charge in [-0.1, -0.05) is 36.4 Å². The van der Waals surface area contributed by atoms with E-state index in [9.17, 15) is 19.2 Å². The molecule has 9 heteroatoms. The van der Waals surface area contributed by atoms with Gasteiger partial charge < -0.3 is 13.9 Å². The van der Waals surface area contributed by atoms with Crippen molar-refractivity contribution in [3.63, 3.8) is 0 Å². The Bertz CT molecular complexity index is 1130. The van der Waals surface area contributed by atoms with E-state index < -0.39 is 28.8 Å². The number of aromatic nitrogens is 1. The summed E-state index contributed by atoms with van der Waals surface area (Å²) in [6, 6.07) is 10.8. The van der Waals surface area contributed by atoms with Crippen LogP contribution in [-0.4, -0.2) is 23.1 Å². The third-order valence-electron chi connectivity index (χ3n) is 3.76. The molecule has 2 aromatic carbocycles. The molecule has 1 aromatic heterocycles. The highest BCUT2D eigenvalue weighted by Gasteiger charge is 2.27. The highest BCUT2D eigenvalue weighted by atomic mass is 35.5. The number of hydrogen-bond donors (Lipinski definition) is 0. The van der Waals surface area contributed by atoms with Crippen LogP contribution in [0.1, 0.15) is 11.6 Å². The summed E-state index contributed by atoms with van der Waals surface area (Å²) in [4.78, 5) is 48.7. The summed E-state index contributed by atoms with van der Waals surface area (Å²) in [5.41, 5.74) is -0.726. The van der Waals surface area contributed by atoms with Crippen LogP contribution in [0.25, 0.3) is 11.0 Å². The van der Waals surface area contributed by atoms with Gasteiger partial charge in [0.15, 0.2) is 11.3 Å². The first-order valence-corrected chi connectivity index (χ1v) is 8.00. The van der Waals surface area contributed by atoms with Gasteiger partial charge in [-0.15, -0.1) is 0 Å². The average Bonchev–Trinajstić information content (AvgIpc) is 2.66. The second-order valence-electron chi connectivity index (χ2n) is 5.35. The molecule has 1 heterocycles. The molecule has 27 heavy (non-hydrogen) atoms. The molecule has 1 atom stereocenters. The van der Waals surface area contributed by atoms with Crippen LogP contribution in [0.2, 0.25) is 0 Å². The first kappa shape index (κ1) is 18.4. The van der Waals surface area contributed by atoms with Crippen LogP contribution in [0, 0.1) is 0 Å². The number of fused-ring (bicyclic) bond motifs is 1. The van der Waals surface area contributed by atoms with E-state index in [4.69, 9.17) is 20.8 Å². The number of nitrogens with zero attached hydrogens (tertiary/aromatic N) is 1. The van der Waals surface area contributed by atoms with E-state index >= 15 is 0 Å². The second-order valence-corrected chi connectivity index (χ2v) is 5.72. The summed E-state index contributed by atoms with van der Waals surface area (Å²) in [5.74, 6) is -1.30. The van der Waals surface area contributed by atoms with Gasteiger partial charge in [-0.3, -0.25) is 9.59 Å². The molecule has 0 unspecified atom stereocenters. The molecule has 138 valence electrons. The first-order valence-electron chi connectivity index (χ1n) is 7.62. The lowest BCUT2D eigenvalue weighted by atomic mass is 10.1. The summed E-state index contributed by atoms with van der Waals surface area (Å²) in [6.07, 6.45) is -1.05. The van der Waals surface area contributed by atoms with E-state index in [0.717, 1.165) is 7.11 Å². The molecule has 0 aliphatic carbocycles. The van der Waals surface area contributed by atoms with Crippen molar-refractivity contribution in [1.82, 2.24) is 4.57 Å². The largest absolute Gasteiger partial charge is 0.513 e. The number of halogens is 1. The molecule has 0 aliphatic heterocycles. The van der Waals surface area contributed by atoms with Gasteiger partial charge in [-0.05, 0) is 29.3 Å². The predicted octanol–water partition coefficient (Wildman–Crippen LogP) is 2.45. The Labute approximate surface area is 156 Å². The fourth-order valence-electron chi connectivity index (χ4n) is 2.59. The number of hydrogen-bond acceptors (Lipinski definition) is 7. The third kappa shape index (κ3) is 3.47. The van der Waals surface area contributed by atoms with Crippen molar-refractivity contribution in [3.05, 3.63) is 75.0 Å². The van der Waals surface area contributed by atoms with Gasteiger partial charge in [-0.25, -0.2) is 14.2 Å². The van der Waals surface area contributed by atoms with Crippen LogP contribution >= 0.6 is 11.6 Å². The maximum atomic E-state index is 12.9. The smallest absolute Gasteiger partial charge is 0.437 e. The topological polar surface area (TPSA) is 105 Å². The quantitative estimate of drug-likeness (QED) is 0.383. The zero-order valence-corrected chi connectivity index (χ0v) is 14.6. The zero-order chi connectivity index (χ0) is 19.6. The molecule has 0 fully saturated rings. The van der Waals surface area contributed by atoms with Crippen LogP contribution in [0.15, 0.2) is 62.5 Å². The van der Waals surface area contributed by atoms with Crippen molar-refractivity contribution >= 4 is 34.0 Å². The Morgan fingerprint density at radius 2 is 1.78 bits per heavy atom. The molecule has 0 bridgehead atoms. The van der Waals surface area contributed by atoms with E-state index in [2.05, 4.69) is 4.74 Å². The van der Waals surface area contributed by atoms with Crippen molar-refractivity contribution in [2.45, 2.75) is 6.04 Å². The van der Waals surface area contributed by atoms with Crippen molar-refractivity contribution in [3.8, 4) is 5.75 Å². The fraction of sp³-hybridized carbons (Fsp3) is 0.111. The number of methoxy groups -OCH3 is 1. The maximum absolute atomic E-state index is 12.9. The number of ether oxygens (including phenoxy) is 2. The van der Waals surface area contributed by atoms with E-state index in [1.165, 1.54) is 18.2 Å². The molecule has 0 radical (unpaired) electrons. The molecule has 0 amide bonds. The Hall–Kier alpha value is -3.39. The lowest BCUT2D eigenvalue weighted by molar-refractivity contribution is -0.113. The Balaban J connectivity index is 2.27. The second kappa shape index (κ2) is 7.46. The minimum Gasteiger partial charge on any atom is -0.437 e. The summed E-state index contributed by atoms with van der Waals surface area (Å²) < 4.78 is 15.1. The maximum Gasteiger partial charge on any atom is 0.513 e. The van der Waals surface area contributed by atoms with E-state index in [0.29, 0.717) is 10.1 Å². The third-order valence-corrected chi connectivity index (χ3v) is 3.97. The molecule has 3 aromatic rings. The predicted molar refractivity (Wildman–Crippen MR) is 95.2 cm³/mol. The monoisotopic (exact) mass is 389 g/mol. The first-order chi connectivity index (χ1) is 12.9. The Morgan fingerprint density at radius 3 is 2.41 bits per heavy atom. The standard InChI is InChI=1S/C18H12ClNO7/c1-25-18(24)26-12-9-5-8-11-14(12)27-17(23)20(16(11)22)13(15(19)21)10-6-3-2-4-7-10/h2-9,13H,1H3/t13-/m1/s1. The number of para-hydroxylation sites is 1. The molecule has 0 saturated carbocycles. The van der Waals surface area contributed by atoms with Crippen LogP contribution in [0.4, 0.5) is 4.79 Å². The molecule has 8 nitrogen and oxygen atoms in total. The highest BCUT2D eigenvalue weighted by molar-refractivity contribution is 6.64. The van der Waals surface area contributed by atoms with E-state index in [1.807, 2.05) is 0 Å². The SMILES string of the molecule is COC(=O)Oc1cccc2c(=O)n([C@@H](C(=O)Cl)c3ccccc3)c(=O)oc12. The van der Waals surface area contributed by atoms with Gasteiger partial charge in [0.2, 0.25) is 5.24 Å². The lowest BCUT2D eigenvalue weighted by Crippen LogP contribution is -2.38. The molecular weight excluding hydrogens is 378 g/mol. The number of rotatable bonds is 4. The van der Waals surface area contributed by atoms with Gasteiger partial charge in [0.05, 0.1) is 12.5 Å². The fourth-order valence-corrected chi connectivity index (χ4v) is 2.81. The van der Waals surface area contributed by atoms with Gasteiger partial charge in [-0.2, -0.15) is 0 Å². The van der Waals surface area contributed by atoms with Crippen LogP contribution in [-0.2, 0) is 9.53 Å². The van der Waals surface area contributed by atoms with Crippen LogP contribution in [0.5, 0.6) is 5.75 Å². The van der Waals surface area contributed by atoms with Crippen LogP contribution < -0.4 is 16.1 Å². The van der Waals surface area contributed by atoms with Gasteiger partial charge in [0.25, 0.3) is 5.56 Å². The van der Waals surface area contributed by atoms with E-state index in [1.54, 1.807) is 30.3 Å². The lowest BCUT2D eigenvalue weighted by Gasteiger charge is -2.15. The van der Waals surface area contributed by atoms with Gasteiger partial charge in [0.1, 0.15) is 6.04 Å². The number of carbonyl (C=O) groups is 2. The number of benzene rings is 2. The van der Waals surface area contributed by atoms with Crippen LogP contribution in [0.3, 0.4) is 0 Å². The Morgan fingerprint density at radius 1 is 1.07 bits per heavy atom. The summed E-state index contributed by atoms with van der Waals surface area (Å²) in [5, 5.41) is -1.01. The molecule has 0 aliphatic rings. The van der Waals surface area contributed by atoms with E-state index in [-0.39, 0.29) is 16.7 Å². The van der Waals surface area contributed by atoms with Crippen molar-refractivity contribution in [2.24, 2.45) is 0 Å². The minimum atomic E-state index is -1.37.